The molecule has 0 aliphatic carbocycles. The van der Waals surface area contributed by atoms with Crippen LogP contribution < -0.4 is 10.2 Å². The summed E-state index contributed by atoms with van der Waals surface area (Å²) >= 11 is 0. The third-order valence-electron chi connectivity index (χ3n) is 3.83. The number of aromatic nitrogens is 1. The summed E-state index contributed by atoms with van der Waals surface area (Å²) < 4.78 is 0. The largest absolute Gasteiger partial charge is 0.354 e. The first-order chi connectivity index (χ1) is 8.63. The predicted molar refractivity (Wildman–Crippen MR) is 77.1 cm³/mol. The zero-order chi connectivity index (χ0) is 13.1. The van der Waals surface area contributed by atoms with Gasteiger partial charge in [0.15, 0.2) is 0 Å². The van der Waals surface area contributed by atoms with Crippen molar-refractivity contribution in [3.8, 4) is 0 Å². The fourth-order valence-electron chi connectivity index (χ4n) is 2.80. The van der Waals surface area contributed by atoms with E-state index in [1.807, 2.05) is 0 Å². The molecular weight excluding hydrogens is 222 g/mol. The molecule has 1 fully saturated rings. The van der Waals surface area contributed by atoms with Crippen LogP contribution in [0.4, 0.5) is 5.82 Å². The van der Waals surface area contributed by atoms with Crippen LogP contribution in [-0.2, 0) is 6.54 Å². The lowest BCUT2D eigenvalue weighted by Gasteiger charge is -2.26. The number of hydrogen-bond acceptors (Lipinski definition) is 3. The van der Waals surface area contributed by atoms with E-state index in [1.54, 1.807) is 0 Å². The van der Waals surface area contributed by atoms with Crippen LogP contribution in [0.25, 0.3) is 0 Å². The maximum atomic E-state index is 4.81. The minimum Gasteiger partial charge on any atom is -0.354 e. The number of rotatable bonds is 4. The van der Waals surface area contributed by atoms with Gasteiger partial charge in [0.25, 0.3) is 0 Å². The zero-order valence-corrected chi connectivity index (χ0v) is 12.1. The van der Waals surface area contributed by atoms with Crippen LogP contribution in [0.3, 0.4) is 0 Å². The minimum absolute atomic E-state index is 0.624. The number of nitrogens with zero attached hydrogens (tertiary/aromatic N) is 2. The van der Waals surface area contributed by atoms with Crippen molar-refractivity contribution in [2.24, 2.45) is 0 Å². The smallest absolute Gasteiger partial charge is 0.133 e. The average Bonchev–Trinajstić information content (AvgIpc) is 2.73. The quantitative estimate of drug-likeness (QED) is 0.887. The molecule has 0 spiro atoms. The monoisotopic (exact) mass is 247 g/mol. The van der Waals surface area contributed by atoms with E-state index in [-0.39, 0.29) is 0 Å². The van der Waals surface area contributed by atoms with E-state index in [0.717, 1.165) is 25.3 Å². The van der Waals surface area contributed by atoms with Gasteiger partial charge in [-0.05, 0) is 51.8 Å². The van der Waals surface area contributed by atoms with Crippen LogP contribution in [-0.4, -0.2) is 24.1 Å². The summed E-state index contributed by atoms with van der Waals surface area (Å²) in [5.41, 5.74) is 3.86. The molecule has 0 radical (unpaired) electrons. The maximum absolute atomic E-state index is 4.81. The lowest BCUT2D eigenvalue weighted by Crippen LogP contribution is -2.30. The Labute approximate surface area is 111 Å². The molecule has 1 saturated heterocycles. The van der Waals surface area contributed by atoms with E-state index < -0.39 is 0 Å². The van der Waals surface area contributed by atoms with Crippen molar-refractivity contribution >= 4 is 5.82 Å². The van der Waals surface area contributed by atoms with Crippen LogP contribution in [0.1, 0.15) is 43.5 Å². The summed E-state index contributed by atoms with van der Waals surface area (Å²) in [6.07, 6.45) is 2.58. The SMILES string of the molecule is CCNCc1c(C)cc(C)nc1N1CCCC1C. The maximum Gasteiger partial charge on any atom is 0.133 e. The van der Waals surface area contributed by atoms with Gasteiger partial charge in [-0.1, -0.05) is 6.92 Å². The Hall–Kier alpha value is -1.09. The second-order valence-electron chi connectivity index (χ2n) is 5.35. The van der Waals surface area contributed by atoms with E-state index in [2.05, 4.69) is 44.0 Å². The molecule has 2 rings (SSSR count). The topological polar surface area (TPSA) is 28.2 Å². The van der Waals surface area contributed by atoms with Crippen molar-refractivity contribution in [3.05, 3.63) is 22.9 Å². The molecule has 0 amide bonds. The van der Waals surface area contributed by atoms with Crippen LogP contribution in [0.15, 0.2) is 6.07 Å². The van der Waals surface area contributed by atoms with Crippen LogP contribution in [0.2, 0.25) is 0 Å². The van der Waals surface area contributed by atoms with Crippen molar-refractivity contribution < 1.29 is 0 Å². The highest BCUT2D eigenvalue weighted by molar-refractivity contribution is 5.53. The van der Waals surface area contributed by atoms with Gasteiger partial charge < -0.3 is 10.2 Å². The van der Waals surface area contributed by atoms with Crippen LogP contribution >= 0.6 is 0 Å². The molecule has 0 bridgehead atoms. The van der Waals surface area contributed by atoms with Crippen molar-refractivity contribution in [1.29, 1.82) is 0 Å². The number of nitrogens with one attached hydrogen (secondary N) is 1. The Morgan fingerprint density at radius 3 is 2.83 bits per heavy atom. The molecule has 1 N–H and O–H groups in total. The Morgan fingerprint density at radius 2 is 2.22 bits per heavy atom. The normalized spacial score (nSPS) is 19.6. The zero-order valence-electron chi connectivity index (χ0n) is 12.1. The molecule has 3 nitrogen and oxygen atoms in total. The summed E-state index contributed by atoms with van der Waals surface area (Å²) in [7, 11) is 0. The fraction of sp³-hybridized carbons (Fsp3) is 0.667. The van der Waals surface area contributed by atoms with Crippen molar-refractivity contribution in [2.45, 2.75) is 53.1 Å². The van der Waals surface area contributed by atoms with Crippen molar-refractivity contribution in [2.75, 3.05) is 18.0 Å². The summed E-state index contributed by atoms with van der Waals surface area (Å²) in [6, 6.07) is 2.82. The summed E-state index contributed by atoms with van der Waals surface area (Å²) in [6.45, 7) is 11.8. The molecule has 0 aromatic carbocycles. The molecule has 1 atom stereocenters. The third kappa shape index (κ3) is 2.66. The standard InChI is InChI=1S/C15H25N3/c1-5-16-10-14-11(2)9-12(3)17-15(14)18-8-6-7-13(18)4/h9,13,16H,5-8,10H2,1-4H3. The lowest BCUT2D eigenvalue weighted by molar-refractivity contribution is 0.693. The fourth-order valence-corrected chi connectivity index (χ4v) is 2.80. The molecule has 1 unspecified atom stereocenters. The number of anilines is 1. The molecule has 2 heterocycles. The number of pyridine rings is 1. The van der Waals surface area contributed by atoms with Gasteiger partial charge in [0.1, 0.15) is 5.82 Å². The van der Waals surface area contributed by atoms with Gasteiger partial charge in [0, 0.05) is 30.4 Å². The molecule has 1 aliphatic heterocycles. The highest BCUT2D eigenvalue weighted by atomic mass is 15.2. The van der Waals surface area contributed by atoms with E-state index in [9.17, 15) is 0 Å². The van der Waals surface area contributed by atoms with Gasteiger partial charge in [0.2, 0.25) is 0 Å². The van der Waals surface area contributed by atoms with Gasteiger partial charge in [-0.15, -0.1) is 0 Å². The second kappa shape index (κ2) is 5.70. The predicted octanol–water partition coefficient (Wildman–Crippen LogP) is 2.80. The Kier molecular flexibility index (Phi) is 4.23. The first kappa shape index (κ1) is 13.3. The van der Waals surface area contributed by atoms with Crippen LogP contribution in [0, 0.1) is 13.8 Å². The van der Waals surface area contributed by atoms with Gasteiger partial charge in [-0.3, -0.25) is 0 Å². The highest BCUT2D eigenvalue weighted by Crippen LogP contribution is 2.29. The third-order valence-corrected chi connectivity index (χ3v) is 3.83. The molecule has 1 aromatic rings. The molecule has 1 aliphatic rings. The van der Waals surface area contributed by atoms with Gasteiger partial charge in [0.05, 0.1) is 0 Å². The molecule has 3 heteroatoms. The summed E-state index contributed by atoms with van der Waals surface area (Å²) in [5, 5.41) is 3.44. The molecule has 0 saturated carbocycles. The van der Waals surface area contributed by atoms with Crippen molar-refractivity contribution in [1.82, 2.24) is 10.3 Å². The molecule has 100 valence electrons. The first-order valence-corrected chi connectivity index (χ1v) is 7.08. The minimum atomic E-state index is 0.624. The van der Waals surface area contributed by atoms with Gasteiger partial charge >= 0.3 is 0 Å². The van der Waals surface area contributed by atoms with E-state index in [0.29, 0.717) is 6.04 Å². The number of aryl methyl sites for hydroxylation is 2. The second-order valence-corrected chi connectivity index (χ2v) is 5.35. The molecule has 1 aromatic heterocycles. The van der Waals surface area contributed by atoms with Crippen molar-refractivity contribution in [3.63, 3.8) is 0 Å². The summed E-state index contributed by atoms with van der Waals surface area (Å²) in [4.78, 5) is 7.28. The van der Waals surface area contributed by atoms with E-state index >= 15 is 0 Å². The molecular formula is C15H25N3. The number of hydrogen-bond donors (Lipinski definition) is 1. The average molecular weight is 247 g/mol. The lowest BCUT2D eigenvalue weighted by atomic mass is 10.1. The van der Waals surface area contributed by atoms with Gasteiger partial charge in [-0.25, -0.2) is 4.98 Å². The van der Waals surface area contributed by atoms with Gasteiger partial charge in [-0.2, -0.15) is 0 Å². The van der Waals surface area contributed by atoms with E-state index in [1.165, 1.54) is 29.8 Å². The Bertz CT molecular complexity index is 414. The summed E-state index contributed by atoms with van der Waals surface area (Å²) in [5.74, 6) is 1.21. The first-order valence-electron chi connectivity index (χ1n) is 7.08. The van der Waals surface area contributed by atoms with Crippen LogP contribution in [0.5, 0.6) is 0 Å². The highest BCUT2D eigenvalue weighted by Gasteiger charge is 2.24. The Balaban J connectivity index is 2.36. The Morgan fingerprint density at radius 1 is 1.44 bits per heavy atom. The molecule has 18 heavy (non-hydrogen) atoms. The van der Waals surface area contributed by atoms with E-state index in [4.69, 9.17) is 4.98 Å².